The molecule has 0 bridgehead atoms. The zero-order valence-corrected chi connectivity index (χ0v) is 11.8. The molecule has 0 heterocycles. The molecule has 0 radical (unpaired) electrons. The van der Waals surface area contributed by atoms with Crippen LogP contribution in [-0.2, 0) is 6.42 Å². The van der Waals surface area contributed by atoms with Crippen molar-refractivity contribution in [1.29, 1.82) is 0 Å². The molecular weight excluding hydrogens is 334 g/mol. The number of hydrogen-bond donors (Lipinski definition) is 0. The fourth-order valence-corrected chi connectivity index (χ4v) is 2.45. The van der Waals surface area contributed by atoms with Crippen molar-refractivity contribution in [2.75, 3.05) is 0 Å². The van der Waals surface area contributed by atoms with Gasteiger partial charge in [0.15, 0.2) is 23.3 Å². The van der Waals surface area contributed by atoms with Gasteiger partial charge in [0.25, 0.3) is 0 Å². The summed E-state index contributed by atoms with van der Waals surface area (Å²) in [5.74, 6) is -10.1. The maximum atomic E-state index is 13.6. The predicted octanol–water partition coefficient (Wildman–Crippen LogP) is 5.56. The normalized spacial score (nSPS) is 12.5. The predicted molar refractivity (Wildman–Crippen MR) is 70.0 cm³/mol. The zero-order chi connectivity index (χ0) is 15.7. The quantitative estimate of drug-likeness (QED) is 0.297. The van der Waals surface area contributed by atoms with Crippen molar-refractivity contribution >= 4 is 23.2 Å². The second-order valence-electron chi connectivity index (χ2n) is 4.29. The molecular formula is C14H7Cl2F5. The van der Waals surface area contributed by atoms with Crippen molar-refractivity contribution in [2.24, 2.45) is 0 Å². The Hall–Kier alpha value is -1.33. The molecule has 0 aliphatic carbocycles. The third kappa shape index (κ3) is 3.14. The van der Waals surface area contributed by atoms with Crippen molar-refractivity contribution in [3.63, 3.8) is 0 Å². The summed E-state index contributed by atoms with van der Waals surface area (Å²) in [5.41, 5.74) is -0.542. The lowest BCUT2D eigenvalue weighted by Crippen LogP contribution is -2.10. The molecule has 0 saturated carbocycles. The molecule has 0 aliphatic rings. The highest BCUT2D eigenvalue weighted by Gasteiger charge is 2.29. The van der Waals surface area contributed by atoms with Crippen LogP contribution in [0.3, 0.4) is 0 Å². The molecule has 0 aromatic heterocycles. The van der Waals surface area contributed by atoms with E-state index in [1.165, 1.54) is 6.07 Å². The van der Waals surface area contributed by atoms with Gasteiger partial charge in [0.05, 0.1) is 5.38 Å². The number of halogens is 7. The van der Waals surface area contributed by atoms with Crippen LogP contribution in [0.4, 0.5) is 22.0 Å². The Morgan fingerprint density at radius 2 is 1.38 bits per heavy atom. The summed E-state index contributed by atoms with van der Waals surface area (Å²) in [6.45, 7) is 0. The minimum Gasteiger partial charge on any atom is -0.203 e. The van der Waals surface area contributed by atoms with Crippen molar-refractivity contribution < 1.29 is 22.0 Å². The van der Waals surface area contributed by atoms with Gasteiger partial charge in [0, 0.05) is 10.6 Å². The molecule has 0 aliphatic heterocycles. The van der Waals surface area contributed by atoms with Crippen LogP contribution in [0, 0.1) is 29.1 Å². The van der Waals surface area contributed by atoms with E-state index >= 15 is 0 Å². The lowest BCUT2D eigenvalue weighted by molar-refractivity contribution is 0.369. The minimum absolute atomic E-state index is 0.138. The fourth-order valence-electron chi connectivity index (χ4n) is 1.87. The molecule has 2 aromatic carbocycles. The molecule has 112 valence electrons. The molecule has 0 amide bonds. The van der Waals surface area contributed by atoms with Crippen LogP contribution in [0.2, 0.25) is 5.02 Å². The van der Waals surface area contributed by atoms with E-state index in [2.05, 4.69) is 0 Å². The largest absolute Gasteiger partial charge is 0.203 e. The van der Waals surface area contributed by atoms with Crippen LogP contribution in [0.5, 0.6) is 0 Å². The van der Waals surface area contributed by atoms with Gasteiger partial charge in [-0.15, -0.1) is 11.6 Å². The van der Waals surface area contributed by atoms with E-state index in [9.17, 15) is 22.0 Å². The van der Waals surface area contributed by atoms with Gasteiger partial charge in [-0.05, 0) is 24.1 Å². The second-order valence-corrected chi connectivity index (χ2v) is 5.25. The molecule has 0 nitrogen and oxygen atoms in total. The zero-order valence-electron chi connectivity index (χ0n) is 10.2. The Morgan fingerprint density at radius 3 is 1.90 bits per heavy atom. The molecule has 0 fully saturated rings. The Labute approximate surface area is 127 Å². The average molecular weight is 341 g/mol. The lowest BCUT2D eigenvalue weighted by atomic mass is 10.0. The first-order valence-corrected chi connectivity index (χ1v) is 6.54. The van der Waals surface area contributed by atoms with E-state index in [4.69, 9.17) is 23.2 Å². The maximum absolute atomic E-state index is 13.6. The minimum atomic E-state index is -2.21. The lowest BCUT2D eigenvalue weighted by Gasteiger charge is -2.14. The number of hydrogen-bond acceptors (Lipinski definition) is 0. The third-order valence-electron chi connectivity index (χ3n) is 2.86. The highest BCUT2D eigenvalue weighted by atomic mass is 35.5. The monoisotopic (exact) mass is 340 g/mol. The SMILES string of the molecule is Fc1c(F)c(F)c(C(Cl)Cc2cccc(Cl)c2)c(F)c1F. The Morgan fingerprint density at radius 1 is 0.857 bits per heavy atom. The molecule has 0 N–H and O–H groups in total. The number of alkyl halides is 1. The van der Waals surface area contributed by atoms with Crippen molar-refractivity contribution in [2.45, 2.75) is 11.8 Å². The summed E-state index contributed by atoms with van der Waals surface area (Å²) in [7, 11) is 0. The Bertz CT molecular complexity index is 658. The van der Waals surface area contributed by atoms with Crippen LogP contribution >= 0.6 is 23.2 Å². The standard InChI is InChI=1S/C14H7Cl2F5/c15-7-3-1-2-6(4-7)5-8(16)9-10(17)12(19)14(21)13(20)11(9)18/h1-4,8H,5H2. The number of rotatable bonds is 3. The van der Waals surface area contributed by atoms with Crippen LogP contribution < -0.4 is 0 Å². The smallest absolute Gasteiger partial charge is 0.200 e. The van der Waals surface area contributed by atoms with Gasteiger partial charge < -0.3 is 0 Å². The highest BCUT2D eigenvalue weighted by Crippen LogP contribution is 2.33. The molecule has 2 rings (SSSR count). The van der Waals surface area contributed by atoms with E-state index in [1.807, 2.05) is 0 Å². The van der Waals surface area contributed by atoms with Crippen LogP contribution in [0.25, 0.3) is 0 Å². The van der Waals surface area contributed by atoms with Gasteiger partial charge in [-0.1, -0.05) is 23.7 Å². The highest BCUT2D eigenvalue weighted by molar-refractivity contribution is 6.30. The molecule has 1 atom stereocenters. The second kappa shape index (κ2) is 6.20. The molecule has 0 saturated heterocycles. The fraction of sp³-hybridized carbons (Fsp3) is 0.143. The topological polar surface area (TPSA) is 0 Å². The Kier molecular flexibility index (Phi) is 4.74. The average Bonchev–Trinajstić information content (AvgIpc) is 2.43. The van der Waals surface area contributed by atoms with E-state index in [-0.39, 0.29) is 6.42 Å². The first-order valence-electron chi connectivity index (χ1n) is 5.72. The van der Waals surface area contributed by atoms with Crippen molar-refractivity contribution in [3.8, 4) is 0 Å². The van der Waals surface area contributed by atoms with Gasteiger partial charge in [-0.3, -0.25) is 0 Å². The summed E-state index contributed by atoms with van der Waals surface area (Å²) in [4.78, 5) is 0. The van der Waals surface area contributed by atoms with Gasteiger partial charge in [0.2, 0.25) is 5.82 Å². The van der Waals surface area contributed by atoms with Gasteiger partial charge in [0.1, 0.15) is 0 Å². The van der Waals surface area contributed by atoms with Gasteiger partial charge in [-0.25, -0.2) is 22.0 Å². The summed E-state index contributed by atoms with van der Waals surface area (Å²) >= 11 is 11.6. The van der Waals surface area contributed by atoms with E-state index in [1.54, 1.807) is 18.2 Å². The first kappa shape index (κ1) is 16.0. The maximum Gasteiger partial charge on any atom is 0.200 e. The number of benzene rings is 2. The molecule has 1 unspecified atom stereocenters. The summed E-state index contributed by atoms with van der Waals surface area (Å²) in [5, 5.41) is -1.05. The first-order chi connectivity index (χ1) is 9.82. The van der Waals surface area contributed by atoms with Crippen LogP contribution in [0.1, 0.15) is 16.5 Å². The van der Waals surface area contributed by atoms with Gasteiger partial charge in [-0.2, -0.15) is 0 Å². The summed E-state index contributed by atoms with van der Waals surface area (Å²) < 4.78 is 66.4. The van der Waals surface area contributed by atoms with Crippen LogP contribution in [0.15, 0.2) is 24.3 Å². The van der Waals surface area contributed by atoms with E-state index < -0.39 is 40.0 Å². The summed E-state index contributed by atoms with van der Waals surface area (Å²) in [6.07, 6.45) is -0.138. The van der Waals surface area contributed by atoms with Crippen molar-refractivity contribution in [1.82, 2.24) is 0 Å². The van der Waals surface area contributed by atoms with Gasteiger partial charge >= 0.3 is 0 Å². The molecule has 21 heavy (non-hydrogen) atoms. The molecule has 7 heteroatoms. The van der Waals surface area contributed by atoms with E-state index in [0.717, 1.165) is 0 Å². The summed E-state index contributed by atoms with van der Waals surface area (Å²) in [6, 6.07) is 6.22. The van der Waals surface area contributed by atoms with Crippen LogP contribution in [-0.4, -0.2) is 0 Å². The molecule has 0 spiro atoms. The van der Waals surface area contributed by atoms with Crippen molar-refractivity contribution in [3.05, 3.63) is 69.5 Å². The molecule has 2 aromatic rings. The Balaban J connectivity index is 2.42. The third-order valence-corrected chi connectivity index (χ3v) is 3.47. The van der Waals surface area contributed by atoms with E-state index in [0.29, 0.717) is 10.6 Å².